The van der Waals surface area contributed by atoms with Crippen molar-refractivity contribution in [1.82, 2.24) is 10.2 Å². The van der Waals surface area contributed by atoms with Crippen molar-refractivity contribution in [2.45, 2.75) is 23.8 Å². The lowest BCUT2D eigenvalue weighted by Gasteiger charge is -2.38. The van der Waals surface area contributed by atoms with Gasteiger partial charge in [0, 0.05) is 31.6 Å². The molecule has 0 aliphatic rings. The Bertz CT molecular complexity index is 1430. The van der Waals surface area contributed by atoms with E-state index in [0.717, 1.165) is 39.0 Å². The Labute approximate surface area is 287 Å². The monoisotopic (exact) mass is 629 g/mol. The van der Waals surface area contributed by atoms with Crippen molar-refractivity contribution in [3.05, 3.63) is 215 Å². The maximum absolute atomic E-state index is 6.23. The highest BCUT2D eigenvalue weighted by Crippen LogP contribution is 2.43. The first kappa shape index (κ1) is 33.1. The molecule has 3 N–H and O–H groups in total. The summed E-state index contributed by atoms with van der Waals surface area (Å²) in [5.74, 6) is 0. The molecule has 0 saturated heterocycles. The molecule has 0 unspecified atom stereocenters. The summed E-state index contributed by atoms with van der Waals surface area (Å²) in [5.41, 5.74) is 13.2. The molecular formula is C45H47N3. The van der Waals surface area contributed by atoms with E-state index in [1.807, 2.05) is 0 Å². The minimum Gasteiger partial charge on any atom is -0.329 e. The highest BCUT2D eigenvalue weighted by Gasteiger charge is 2.37. The van der Waals surface area contributed by atoms with Gasteiger partial charge in [0.05, 0.1) is 5.54 Å². The number of benzene rings is 6. The molecule has 3 nitrogen and oxygen atoms in total. The van der Waals surface area contributed by atoms with Crippen LogP contribution in [-0.2, 0) is 11.0 Å². The molecule has 0 aliphatic carbocycles. The van der Waals surface area contributed by atoms with Crippen molar-refractivity contribution in [3.8, 4) is 0 Å². The quantitative estimate of drug-likeness (QED) is 0.105. The highest BCUT2D eigenvalue weighted by molar-refractivity contribution is 5.51. The first-order valence-electron chi connectivity index (χ1n) is 17.3. The Balaban J connectivity index is 1.26. The zero-order valence-electron chi connectivity index (χ0n) is 27.8. The Morgan fingerprint density at radius 2 is 0.750 bits per heavy atom. The molecule has 0 atom stereocenters. The topological polar surface area (TPSA) is 41.3 Å². The van der Waals surface area contributed by atoms with Crippen molar-refractivity contribution in [3.63, 3.8) is 0 Å². The molecule has 0 spiro atoms. The van der Waals surface area contributed by atoms with Gasteiger partial charge in [0.15, 0.2) is 0 Å². The van der Waals surface area contributed by atoms with Gasteiger partial charge < -0.3 is 10.6 Å². The average Bonchev–Trinajstić information content (AvgIpc) is 3.17. The van der Waals surface area contributed by atoms with E-state index in [0.29, 0.717) is 6.54 Å². The Hall–Kier alpha value is -4.80. The van der Waals surface area contributed by atoms with Crippen LogP contribution in [0.15, 0.2) is 182 Å². The fourth-order valence-electron chi connectivity index (χ4n) is 7.46. The van der Waals surface area contributed by atoms with E-state index >= 15 is 0 Å². The molecule has 6 aromatic carbocycles. The summed E-state index contributed by atoms with van der Waals surface area (Å²) in [7, 11) is 0. The Kier molecular flexibility index (Phi) is 11.3. The van der Waals surface area contributed by atoms with Crippen LogP contribution in [0.1, 0.15) is 46.2 Å². The minimum absolute atomic E-state index is 0.250. The van der Waals surface area contributed by atoms with Gasteiger partial charge >= 0.3 is 0 Å². The second-order valence-electron chi connectivity index (χ2n) is 12.5. The summed E-state index contributed by atoms with van der Waals surface area (Å²) in [5, 5.41) is 4.07. The van der Waals surface area contributed by atoms with Gasteiger partial charge in [0.2, 0.25) is 0 Å². The van der Waals surface area contributed by atoms with Gasteiger partial charge in [0.25, 0.3) is 0 Å². The van der Waals surface area contributed by atoms with E-state index in [1.165, 1.54) is 33.4 Å². The lowest BCUT2D eigenvalue weighted by atomic mass is 9.67. The number of hydrogen-bond donors (Lipinski definition) is 2. The summed E-state index contributed by atoms with van der Waals surface area (Å²) < 4.78 is 0. The van der Waals surface area contributed by atoms with E-state index < -0.39 is 5.54 Å². The fraction of sp³-hybridized carbons (Fsp3) is 0.200. The van der Waals surface area contributed by atoms with Gasteiger partial charge in [-0.2, -0.15) is 0 Å². The minimum atomic E-state index is -0.485. The first-order chi connectivity index (χ1) is 23.8. The van der Waals surface area contributed by atoms with Crippen LogP contribution in [0.5, 0.6) is 0 Å². The fourth-order valence-corrected chi connectivity index (χ4v) is 7.46. The predicted octanol–water partition coefficient (Wildman–Crippen LogP) is 8.64. The molecular weight excluding hydrogens is 583 g/mol. The molecule has 0 radical (unpaired) electrons. The van der Waals surface area contributed by atoms with Gasteiger partial charge in [-0.1, -0.05) is 182 Å². The number of nitrogens with zero attached hydrogens (tertiary/aromatic N) is 1. The molecule has 0 aromatic heterocycles. The number of nitrogens with one attached hydrogen (secondary N) is 1. The average molecular weight is 630 g/mol. The van der Waals surface area contributed by atoms with Crippen molar-refractivity contribution < 1.29 is 0 Å². The Morgan fingerprint density at radius 1 is 0.417 bits per heavy atom. The normalized spacial score (nSPS) is 11.9. The predicted molar refractivity (Wildman–Crippen MR) is 201 cm³/mol. The van der Waals surface area contributed by atoms with Crippen LogP contribution >= 0.6 is 0 Å². The van der Waals surface area contributed by atoms with Gasteiger partial charge in [0.1, 0.15) is 0 Å². The molecule has 0 saturated carbocycles. The highest BCUT2D eigenvalue weighted by atomic mass is 15.1. The van der Waals surface area contributed by atoms with Crippen molar-refractivity contribution >= 4 is 0 Å². The van der Waals surface area contributed by atoms with Crippen LogP contribution in [0, 0.1) is 0 Å². The second-order valence-corrected chi connectivity index (χ2v) is 12.5. The second kappa shape index (κ2) is 16.3. The Morgan fingerprint density at radius 3 is 1.08 bits per heavy atom. The molecule has 0 fully saturated rings. The molecule has 0 heterocycles. The van der Waals surface area contributed by atoms with Crippen LogP contribution in [0.2, 0.25) is 0 Å². The van der Waals surface area contributed by atoms with Crippen molar-refractivity contribution in [1.29, 1.82) is 0 Å². The molecule has 6 aromatic rings. The number of nitrogens with two attached hydrogens (primary N) is 1. The molecule has 242 valence electrons. The van der Waals surface area contributed by atoms with E-state index in [2.05, 4.69) is 192 Å². The third-order valence-electron chi connectivity index (χ3n) is 9.71. The zero-order chi connectivity index (χ0) is 32.9. The van der Waals surface area contributed by atoms with Crippen LogP contribution < -0.4 is 11.1 Å². The van der Waals surface area contributed by atoms with E-state index in [-0.39, 0.29) is 5.41 Å². The van der Waals surface area contributed by atoms with E-state index in [1.54, 1.807) is 0 Å². The first-order valence-corrected chi connectivity index (χ1v) is 17.3. The van der Waals surface area contributed by atoms with Gasteiger partial charge in [-0.3, -0.25) is 5.32 Å². The van der Waals surface area contributed by atoms with Crippen LogP contribution in [-0.4, -0.2) is 37.6 Å². The summed E-state index contributed by atoms with van der Waals surface area (Å²) in [6.45, 7) is 4.14. The van der Waals surface area contributed by atoms with Gasteiger partial charge in [-0.25, -0.2) is 0 Å². The van der Waals surface area contributed by atoms with Crippen LogP contribution in [0.25, 0.3) is 0 Å². The van der Waals surface area contributed by atoms with Crippen molar-refractivity contribution in [2.24, 2.45) is 5.73 Å². The van der Waals surface area contributed by atoms with Crippen LogP contribution in [0.4, 0.5) is 0 Å². The summed E-state index contributed by atoms with van der Waals surface area (Å²) in [6, 6.07) is 65.6. The molecule has 3 heteroatoms. The lowest BCUT2D eigenvalue weighted by molar-refractivity contribution is 0.260. The maximum Gasteiger partial charge on any atom is 0.0948 e. The summed E-state index contributed by atoms with van der Waals surface area (Å²) in [6.07, 6.45) is 2.02. The molecule has 0 bridgehead atoms. The third-order valence-corrected chi connectivity index (χ3v) is 9.71. The number of hydrogen-bond acceptors (Lipinski definition) is 3. The molecule has 0 amide bonds. The molecule has 48 heavy (non-hydrogen) atoms. The van der Waals surface area contributed by atoms with E-state index in [4.69, 9.17) is 5.73 Å². The zero-order valence-corrected chi connectivity index (χ0v) is 27.8. The largest absolute Gasteiger partial charge is 0.329 e. The third kappa shape index (κ3) is 7.19. The van der Waals surface area contributed by atoms with Gasteiger partial charge in [-0.05, 0) is 52.8 Å². The summed E-state index contributed by atoms with van der Waals surface area (Å²) >= 11 is 0. The molecule has 0 aliphatic heterocycles. The molecule has 6 rings (SSSR count). The van der Waals surface area contributed by atoms with E-state index in [9.17, 15) is 0 Å². The number of rotatable bonds is 16. The van der Waals surface area contributed by atoms with Crippen molar-refractivity contribution in [2.75, 3.05) is 32.7 Å². The SMILES string of the molecule is NCCN(CCCC(c1ccccc1)(c1ccccc1)c1ccccc1)CCNC(c1ccccc1)(c1ccccc1)c1ccccc1. The van der Waals surface area contributed by atoms with Crippen LogP contribution in [0.3, 0.4) is 0 Å². The van der Waals surface area contributed by atoms with Gasteiger partial charge in [-0.15, -0.1) is 0 Å². The standard InChI is InChI=1S/C45H47N3/c46-33-36-48(35-19-32-44(38-20-7-1-8-21-38,39-22-9-2-10-23-39)40-24-11-3-12-25-40)37-34-47-45(41-26-13-4-14-27-41,42-28-15-5-16-29-42)43-30-17-6-18-31-43/h1-18,20-31,47H,19,32-37,46H2. The lowest BCUT2D eigenvalue weighted by Crippen LogP contribution is -2.48. The summed E-state index contributed by atoms with van der Waals surface area (Å²) in [4.78, 5) is 2.53. The maximum atomic E-state index is 6.23. The smallest absolute Gasteiger partial charge is 0.0948 e.